The second kappa shape index (κ2) is 6.76. The van der Waals surface area contributed by atoms with Crippen LogP contribution in [-0.4, -0.2) is 29.0 Å². The highest BCUT2D eigenvalue weighted by molar-refractivity contribution is 5.76. The van der Waals surface area contributed by atoms with E-state index < -0.39 is 0 Å². The van der Waals surface area contributed by atoms with Crippen molar-refractivity contribution < 1.29 is 4.79 Å². The quantitative estimate of drug-likeness (QED) is 0.755. The minimum atomic E-state index is 0.0603. The van der Waals surface area contributed by atoms with Gasteiger partial charge in [0.05, 0.1) is 6.20 Å². The van der Waals surface area contributed by atoms with E-state index in [4.69, 9.17) is 0 Å². The molecule has 0 fully saturated rings. The summed E-state index contributed by atoms with van der Waals surface area (Å²) in [6, 6.07) is 0. The van der Waals surface area contributed by atoms with Crippen LogP contribution in [0.5, 0.6) is 0 Å². The summed E-state index contributed by atoms with van der Waals surface area (Å²) in [6.07, 6.45) is 5.30. The first kappa shape index (κ1) is 12.4. The van der Waals surface area contributed by atoms with Gasteiger partial charge < -0.3 is 10.6 Å². The van der Waals surface area contributed by atoms with Crippen LogP contribution in [0.15, 0.2) is 18.6 Å². The van der Waals surface area contributed by atoms with Crippen molar-refractivity contribution in [2.24, 2.45) is 5.92 Å². The largest absolute Gasteiger partial charge is 0.368 e. The van der Waals surface area contributed by atoms with Gasteiger partial charge in [0.25, 0.3) is 0 Å². The lowest BCUT2D eigenvalue weighted by atomic mass is 10.2. The van der Waals surface area contributed by atoms with E-state index in [1.165, 1.54) is 0 Å². The van der Waals surface area contributed by atoms with E-state index in [0.717, 1.165) is 6.54 Å². The number of nitrogens with one attached hydrogen (secondary N) is 2. The van der Waals surface area contributed by atoms with Gasteiger partial charge in [-0.15, -0.1) is 0 Å². The van der Waals surface area contributed by atoms with E-state index in [1.54, 1.807) is 18.6 Å². The molecular weight excluding hydrogens is 204 g/mol. The fourth-order valence-electron chi connectivity index (χ4n) is 1.10. The predicted octanol–water partition coefficient (Wildman–Crippen LogP) is 1.05. The van der Waals surface area contributed by atoms with Crippen molar-refractivity contribution in [1.29, 1.82) is 0 Å². The summed E-state index contributed by atoms with van der Waals surface area (Å²) in [4.78, 5) is 19.3. The van der Waals surface area contributed by atoms with Gasteiger partial charge in [-0.25, -0.2) is 4.98 Å². The third-order valence-electron chi connectivity index (χ3n) is 1.93. The molecule has 2 N–H and O–H groups in total. The van der Waals surface area contributed by atoms with Gasteiger partial charge in [-0.05, 0) is 5.92 Å². The highest BCUT2D eigenvalue weighted by Crippen LogP contribution is 1.96. The minimum Gasteiger partial charge on any atom is -0.368 e. The third kappa shape index (κ3) is 5.29. The average Bonchev–Trinajstić information content (AvgIpc) is 2.28. The average molecular weight is 222 g/mol. The van der Waals surface area contributed by atoms with Crippen LogP contribution in [0.1, 0.15) is 20.3 Å². The normalized spacial score (nSPS) is 10.2. The molecule has 0 aliphatic heterocycles. The number of carbonyl (C=O) groups excluding carboxylic acids is 1. The maximum Gasteiger partial charge on any atom is 0.221 e. The molecule has 5 nitrogen and oxygen atoms in total. The van der Waals surface area contributed by atoms with Crippen LogP contribution < -0.4 is 10.6 Å². The van der Waals surface area contributed by atoms with Gasteiger partial charge in [-0.3, -0.25) is 9.78 Å². The molecule has 0 radical (unpaired) electrons. The summed E-state index contributed by atoms with van der Waals surface area (Å²) in [6.45, 7) is 5.43. The Morgan fingerprint density at radius 1 is 1.44 bits per heavy atom. The summed E-state index contributed by atoms with van der Waals surface area (Å²) in [5, 5.41) is 5.88. The van der Waals surface area contributed by atoms with E-state index in [2.05, 4.69) is 34.4 Å². The Hall–Kier alpha value is -1.65. The molecule has 0 bridgehead atoms. The maximum absolute atomic E-state index is 11.4. The number of anilines is 1. The molecule has 0 saturated carbocycles. The highest BCUT2D eigenvalue weighted by atomic mass is 16.1. The molecule has 0 aromatic carbocycles. The Labute approximate surface area is 95.7 Å². The molecule has 0 unspecified atom stereocenters. The molecule has 1 rings (SSSR count). The molecule has 0 atom stereocenters. The van der Waals surface area contributed by atoms with Crippen molar-refractivity contribution in [1.82, 2.24) is 15.3 Å². The summed E-state index contributed by atoms with van der Waals surface area (Å²) in [5.74, 6) is 1.24. The van der Waals surface area contributed by atoms with Crippen LogP contribution in [0, 0.1) is 5.92 Å². The van der Waals surface area contributed by atoms with E-state index in [0.29, 0.717) is 24.7 Å². The molecular formula is C11H18N4O. The third-order valence-corrected chi connectivity index (χ3v) is 1.93. The van der Waals surface area contributed by atoms with Crippen molar-refractivity contribution in [2.75, 3.05) is 18.4 Å². The number of nitrogens with zero attached hydrogens (tertiary/aromatic N) is 2. The van der Waals surface area contributed by atoms with Gasteiger partial charge in [-0.1, -0.05) is 13.8 Å². The number of hydrogen-bond donors (Lipinski definition) is 2. The molecule has 0 spiro atoms. The van der Waals surface area contributed by atoms with E-state index in [1.807, 2.05) is 0 Å². The molecule has 0 saturated heterocycles. The van der Waals surface area contributed by atoms with Crippen molar-refractivity contribution >= 4 is 11.7 Å². The van der Waals surface area contributed by atoms with Crippen molar-refractivity contribution in [3.8, 4) is 0 Å². The highest BCUT2D eigenvalue weighted by Gasteiger charge is 2.01. The van der Waals surface area contributed by atoms with Crippen LogP contribution in [0.25, 0.3) is 0 Å². The lowest BCUT2D eigenvalue weighted by Gasteiger charge is -2.08. The zero-order valence-electron chi connectivity index (χ0n) is 9.73. The van der Waals surface area contributed by atoms with Gasteiger partial charge in [-0.2, -0.15) is 0 Å². The summed E-state index contributed by atoms with van der Waals surface area (Å²) in [7, 11) is 0. The fourth-order valence-corrected chi connectivity index (χ4v) is 1.10. The van der Waals surface area contributed by atoms with Crippen LogP contribution in [0.2, 0.25) is 0 Å². The van der Waals surface area contributed by atoms with Gasteiger partial charge in [0, 0.05) is 31.9 Å². The van der Waals surface area contributed by atoms with E-state index in [9.17, 15) is 4.79 Å². The summed E-state index contributed by atoms with van der Waals surface area (Å²) in [5.41, 5.74) is 0. The monoisotopic (exact) mass is 222 g/mol. The zero-order valence-corrected chi connectivity index (χ0v) is 9.73. The zero-order chi connectivity index (χ0) is 11.8. The second-order valence-electron chi connectivity index (χ2n) is 3.97. The van der Waals surface area contributed by atoms with E-state index >= 15 is 0 Å². The molecule has 0 aliphatic rings. The summed E-state index contributed by atoms with van der Waals surface area (Å²) >= 11 is 0. The number of hydrogen-bond acceptors (Lipinski definition) is 4. The number of aromatic nitrogens is 2. The SMILES string of the molecule is CC(C)CNC(=O)CCNc1cnccn1. The minimum absolute atomic E-state index is 0.0603. The van der Waals surface area contributed by atoms with Gasteiger partial charge in [0.15, 0.2) is 0 Å². The smallest absolute Gasteiger partial charge is 0.221 e. The molecule has 1 amide bonds. The first-order valence-corrected chi connectivity index (χ1v) is 5.45. The summed E-state index contributed by atoms with van der Waals surface area (Å²) < 4.78 is 0. The topological polar surface area (TPSA) is 66.9 Å². The lowest BCUT2D eigenvalue weighted by Crippen LogP contribution is -2.28. The van der Waals surface area contributed by atoms with Gasteiger partial charge >= 0.3 is 0 Å². The first-order valence-electron chi connectivity index (χ1n) is 5.45. The Bertz CT molecular complexity index is 313. The molecule has 5 heteroatoms. The molecule has 1 heterocycles. The maximum atomic E-state index is 11.4. The van der Waals surface area contributed by atoms with Crippen molar-refractivity contribution in [3.05, 3.63) is 18.6 Å². The van der Waals surface area contributed by atoms with Crippen LogP contribution in [0.4, 0.5) is 5.82 Å². The van der Waals surface area contributed by atoms with Crippen LogP contribution in [-0.2, 0) is 4.79 Å². The fraction of sp³-hybridized carbons (Fsp3) is 0.545. The van der Waals surface area contributed by atoms with Crippen LogP contribution in [0.3, 0.4) is 0 Å². The number of amides is 1. The second-order valence-corrected chi connectivity index (χ2v) is 3.97. The Morgan fingerprint density at radius 3 is 2.88 bits per heavy atom. The number of rotatable bonds is 6. The molecule has 1 aromatic heterocycles. The molecule has 0 aliphatic carbocycles. The van der Waals surface area contributed by atoms with Crippen molar-refractivity contribution in [3.63, 3.8) is 0 Å². The Kier molecular flexibility index (Phi) is 5.25. The van der Waals surface area contributed by atoms with E-state index in [-0.39, 0.29) is 5.91 Å². The lowest BCUT2D eigenvalue weighted by molar-refractivity contribution is -0.120. The van der Waals surface area contributed by atoms with Gasteiger partial charge in [0.2, 0.25) is 5.91 Å². The Balaban J connectivity index is 2.13. The Morgan fingerprint density at radius 2 is 2.25 bits per heavy atom. The van der Waals surface area contributed by atoms with Crippen LogP contribution >= 0.6 is 0 Å². The van der Waals surface area contributed by atoms with Crippen molar-refractivity contribution in [2.45, 2.75) is 20.3 Å². The predicted molar refractivity (Wildman–Crippen MR) is 63.0 cm³/mol. The molecule has 16 heavy (non-hydrogen) atoms. The van der Waals surface area contributed by atoms with Gasteiger partial charge in [0.1, 0.15) is 5.82 Å². The first-order chi connectivity index (χ1) is 7.68. The standard InChI is InChI=1S/C11H18N4O/c1-9(2)7-15-11(16)3-4-13-10-8-12-5-6-14-10/h5-6,8-9H,3-4,7H2,1-2H3,(H,13,14)(H,15,16). The molecule has 1 aromatic rings. The number of carbonyl (C=O) groups is 1. The molecule has 88 valence electrons.